The minimum atomic E-state index is -4.25. The second-order valence-electron chi connectivity index (χ2n) is 5.39. The highest BCUT2D eigenvalue weighted by atomic mass is 19.4. The average Bonchev–Trinajstić information content (AvgIpc) is 2.32. The lowest BCUT2D eigenvalue weighted by Crippen LogP contribution is -2.44. The van der Waals surface area contributed by atoms with Gasteiger partial charge in [-0.3, -0.25) is 0 Å². The van der Waals surface area contributed by atoms with Crippen LogP contribution in [0.4, 0.5) is 13.2 Å². The summed E-state index contributed by atoms with van der Waals surface area (Å²) in [7, 11) is 0. The molecule has 1 N–H and O–H groups in total. The lowest BCUT2D eigenvalue weighted by Gasteiger charge is -2.43. The average molecular weight is 271 g/mol. The van der Waals surface area contributed by atoms with Gasteiger partial charge in [-0.1, -0.05) is 31.5 Å². The molecule has 1 saturated carbocycles. The van der Waals surface area contributed by atoms with E-state index in [0.717, 1.165) is 50.4 Å². The van der Waals surface area contributed by atoms with Crippen LogP contribution in [0.1, 0.15) is 43.7 Å². The summed E-state index contributed by atoms with van der Waals surface area (Å²) in [6, 6.07) is 5.84. The largest absolute Gasteiger partial charge is 0.416 e. The predicted octanol–water partition coefficient (Wildman–Crippen LogP) is 4.13. The highest BCUT2D eigenvalue weighted by molar-refractivity contribution is 5.34. The number of hydrogen-bond donors (Lipinski definition) is 1. The summed E-state index contributed by atoms with van der Waals surface area (Å²) >= 11 is 0. The van der Waals surface area contributed by atoms with Gasteiger partial charge in [0, 0.05) is 12.0 Å². The third kappa shape index (κ3) is 3.11. The number of hydrogen-bond acceptors (Lipinski definition) is 1. The van der Waals surface area contributed by atoms with Crippen LogP contribution in [0.2, 0.25) is 0 Å². The maximum atomic E-state index is 12.8. The number of alkyl halides is 3. The van der Waals surface area contributed by atoms with Crippen molar-refractivity contribution in [3.63, 3.8) is 0 Å². The van der Waals surface area contributed by atoms with Crippen LogP contribution in [-0.2, 0) is 11.6 Å². The summed E-state index contributed by atoms with van der Waals surface area (Å²) in [5.41, 5.74) is 0.208. The van der Waals surface area contributed by atoms with Crippen LogP contribution in [-0.4, -0.2) is 13.1 Å². The molecule has 0 spiro atoms. The van der Waals surface area contributed by atoms with Crippen molar-refractivity contribution in [2.45, 2.75) is 44.2 Å². The maximum Gasteiger partial charge on any atom is 0.416 e. The molecule has 0 amide bonds. The van der Waals surface area contributed by atoms with E-state index in [-0.39, 0.29) is 5.41 Å². The zero-order chi connectivity index (χ0) is 13.9. The van der Waals surface area contributed by atoms with Crippen LogP contribution in [0.3, 0.4) is 0 Å². The molecule has 1 aromatic rings. The quantitative estimate of drug-likeness (QED) is 0.794. The van der Waals surface area contributed by atoms with Crippen molar-refractivity contribution in [2.75, 3.05) is 13.1 Å². The fourth-order valence-corrected chi connectivity index (χ4v) is 2.70. The summed E-state index contributed by atoms with van der Waals surface area (Å²) in [6.45, 7) is 3.79. The van der Waals surface area contributed by atoms with Crippen molar-refractivity contribution in [2.24, 2.45) is 0 Å². The summed E-state index contributed by atoms with van der Waals surface area (Å²) in [5.74, 6) is 0. The molecule has 1 aromatic carbocycles. The standard InChI is InChI=1S/C15H20F3N/c1-2-9-19-11-14(7-4-8-14)12-5-3-6-13(10-12)15(16,17)18/h3,5-6,10,19H,2,4,7-9,11H2,1H3. The Hall–Kier alpha value is -1.03. The molecule has 106 valence electrons. The molecule has 0 aromatic heterocycles. The molecule has 0 bridgehead atoms. The minimum Gasteiger partial charge on any atom is -0.316 e. The zero-order valence-corrected chi connectivity index (χ0v) is 11.2. The molecule has 1 aliphatic carbocycles. The van der Waals surface area contributed by atoms with E-state index in [1.807, 2.05) is 6.07 Å². The van der Waals surface area contributed by atoms with E-state index in [1.165, 1.54) is 12.1 Å². The first-order chi connectivity index (χ1) is 8.98. The fourth-order valence-electron chi connectivity index (χ4n) is 2.70. The van der Waals surface area contributed by atoms with Gasteiger partial charge >= 0.3 is 6.18 Å². The molecular weight excluding hydrogens is 251 g/mol. The van der Waals surface area contributed by atoms with Gasteiger partial charge in [-0.25, -0.2) is 0 Å². The number of benzene rings is 1. The van der Waals surface area contributed by atoms with E-state index in [0.29, 0.717) is 0 Å². The van der Waals surface area contributed by atoms with Crippen molar-refractivity contribution in [3.8, 4) is 0 Å². The molecule has 0 unspecified atom stereocenters. The van der Waals surface area contributed by atoms with Gasteiger partial charge in [0.25, 0.3) is 0 Å². The Labute approximate surface area is 112 Å². The van der Waals surface area contributed by atoms with Crippen LogP contribution >= 0.6 is 0 Å². The van der Waals surface area contributed by atoms with Crippen molar-refractivity contribution >= 4 is 0 Å². The molecule has 0 atom stereocenters. The first-order valence-electron chi connectivity index (χ1n) is 6.86. The lowest BCUT2D eigenvalue weighted by atomic mass is 9.64. The van der Waals surface area contributed by atoms with Crippen molar-refractivity contribution in [1.29, 1.82) is 0 Å². The predicted molar refractivity (Wildman–Crippen MR) is 70.1 cm³/mol. The van der Waals surface area contributed by atoms with E-state index in [1.54, 1.807) is 0 Å². The maximum absolute atomic E-state index is 12.8. The molecule has 0 heterocycles. The molecule has 1 aliphatic rings. The van der Waals surface area contributed by atoms with Gasteiger partial charge in [0.15, 0.2) is 0 Å². The molecule has 1 nitrogen and oxygen atoms in total. The van der Waals surface area contributed by atoms with Crippen LogP contribution in [0.15, 0.2) is 24.3 Å². The van der Waals surface area contributed by atoms with Crippen LogP contribution < -0.4 is 5.32 Å². The molecule has 2 rings (SSSR count). The van der Waals surface area contributed by atoms with Gasteiger partial charge < -0.3 is 5.32 Å². The van der Waals surface area contributed by atoms with Crippen molar-refractivity contribution in [1.82, 2.24) is 5.32 Å². The molecule has 0 aliphatic heterocycles. The molecular formula is C15H20F3N. The summed E-state index contributed by atoms with van der Waals surface area (Å²) in [6.07, 6.45) is -0.156. The topological polar surface area (TPSA) is 12.0 Å². The van der Waals surface area contributed by atoms with Gasteiger partial charge in [0.05, 0.1) is 5.56 Å². The molecule has 0 saturated heterocycles. The third-order valence-electron chi connectivity index (χ3n) is 4.00. The van der Waals surface area contributed by atoms with E-state index >= 15 is 0 Å². The van der Waals surface area contributed by atoms with Gasteiger partial charge in [-0.15, -0.1) is 0 Å². The zero-order valence-electron chi connectivity index (χ0n) is 11.2. The highest BCUT2D eigenvalue weighted by Gasteiger charge is 2.39. The van der Waals surface area contributed by atoms with Gasteiger partial charge in [-0.2, -0.15) is 13.2 Å². The fraction of sp³-hybridized carbons (Fsp3) is 0.600. The second kappa shape index (κ2) is 5.53. The summed E-state index contributed by atoms with van der Waals surface area (Å²) < 4.78 is 38.3. The molecule has 0 radical (unpaired) electrons. The number of nitrogens with one attached hydrogen (secondary N) is 1. The van der Waals surface area contributed by atoms with Crippen molar-refractivity contribution in [3.05, 3.63) is 35.4 Å². The van der Waals surface area contributed by atoms with E-state index in [9.17, 15) is 13.2 Å². The van der Waals surface area contributed by atoms with E-state index < -0.39 is 11.7 Å². The SMILES string of the molecule is CCCNCC1(c2cccc(C(F)(F)F)c2)CCC1. The Morgan fingerprint density at radius 2 is 2.00 bits per heavy atom. The van der Waals surface area contributed by atoms with Gasteiger partial charge in [0.2, 0.25) is 0 Å². The summed E-state index contributed by atoms with van der Waals surface area (Å²) in [5, 5.41) is 3.35. The van der Waals surface area contributed by atoms with Crippen LogP contribution in [0.5, 0.6) is 0 Å². The van der Waals surface area contributed by atoms with E-state index in [4.69, 9.17) is 0 Å². The van der Waals surface area contributed by atoms with Crippen LogP contribution in [0, 0.1) is 0 Å². The van der Waals surface area contributed by atoms with Gasteiger partial charge in [0.1, 0.15) is 0 Å². The van der Waals surface area contributed by atoms with Crippen LogP contribution in [0.25, 0.3) is 0 Å². The third-order valence-corrected chi connectivity index (χ3v) is 4.00. The number of rotatable bonds is 5. The molecule has 1 fully saturated rings. The van der Waals surface area contributed by atoms with Gasteiger partial charge in [-0.05, 0) is 37.4 Å². The Morgan fingerprint density at radius 1 is 1.26 bits per heavy atom. The van der Waals surface area contributed by atoms with Crippen molar-refractivity contribution < 1.29 is 13.2 Å². The lowest BCUT2D eigenvalue weighted by molar-refractivity contribution is -0.137. The molecule has 19 heavy (non-hydrogen) atoms. The smallest absolute Gasteiger partial charge is 0.316 e. The highest BCUT2D eigenvalue weighted by Crippen LogP contribution is 2.44. The summed E-state index contributed by atoms with van der Waals surface area (Å²) in [4.78, 5) is 0. The first-order valence-corrected chi connectivity index (χ1v) is 6.86. The Balaban J connectivity index is 2.19. The Kier molecular flexibility index (Phi) is 4.19. The Bertz CT molecular complexity index is 422. The minimum absolute atomic E-state index is 0.0869. The first kappa shape index (κ1) is 14.4. The second-order valence-corrected chi connectivity index (χ2v) is 5.39. The van der Waals surface area contributed by atoms with E-state index in [2.05, 4.69) is 12.2 Å². The normalized spacial score (nSPS) is 18.1. The Morgan fingerprint density at radius 3 is 2.53 bits per heavy atom. The molecule has 4 heteroatoms. The monoisotopic (exact) mass is 271 g/mol. The number of halogens is 3.